The maximum Gasteiger partial charge on any atom is 0.329 e. The fourth-order valence-electron chi connectivity index (χ4n) is 1.71. The van der Waals surface area contributed by atoms with E-state index in [4.69, 9.17) is 9.47 Å². The second-order valence-electron chi connectivity index (χ2n) is 4.82. The summed E-state index contributed by atoms with van der Waals surface area (Å²) in [7, 11) is 0. The van der Waals surface area contributed by atoms with Gasteiger partial charge in [-0.3, -0.25) is 5.32 Å². The van der Waals surface area contributed by atoms with Gasteiger partial charge in [0, 0.05) is 0 Å². The molecule has 1 rings (SSSR count). The zero-order valence-corrected chi connectivity index (χ0v) is 12.5. The predicted octanol–water partition coefficient (Wildman–Crippen LogP) is 2.67. The van der Waals surface area contributed by atoms with Crippen molar-refractivity contribution in [3.05, 3.63) is 29.8 Å². The largest absolute Gasteiger partial charge is 0.485 e. The van der Waals surface area contributed by atoms with E-state index in [2.05, 4.69) is 5.32 Å². The summed E-state index contributed by atoms with van der Waals surface area (Å²) in [4.78, 5) is 12.0. The summed E-state index contributed by atoms with van der Waals surface area (Å²) in [6.07, 6.45) is 0.795. The Morgan fingerprint density at radius 2 is 1.90 bits per heavy atom. The molecule has 0 amide bonds. The third kappa shape index (κ3) is 4.67. The highest BCUT2D eigenvalue weighted by molar-refractivity contribution is 5.80. The van der Waals surface area contributed by atoms with Crippen LogP contribution in [0.2, 0.25) is 0 Å². The second kappa shape index (κ2) is 7.93. The van der Waals surface area contributed by atoms with Crippen LogP contribution < -0.4 is 10.1 Å². The van der Waals surface area contributed by atoms with E-state index >= 15 is 0 Å². The summed E-state index contributed by atoms with van der Waals surface area (Å²) in [6, 6.07) is 3.44. The number of para-hydroxylation sites is 1. The van der Waals surface area contributed by atoms with Gasteiger partial charge in [-0.1, -0.05) is 13.0 Å². The lowest BCUT2D eigenvalue weighted by Gasteiger charge is -2.28. The minimum atomic E-state index is -1.17. The summed E-state index contributed by atoms with van der Waals surface area (Å²) in [5.41, 5.74) is -1.17. The number of carbonyl (C=O) groups is 1. The molecule has 0 bridgehead atoms. The van der Waals surface area contributed by atoms with Crippen molar-refractivity contribution in [1.29, 1.82) is 0 Å². The van der Waals surface area contributed by atoms with Crippen LogP contribution >= 0.6 is 0 Å². The zero-order chi connectivity index (χ0) is 15.9. The van der Waals surface area contributed by atoms with Crippen LogP contribution in [0.15, 0.2) is 18.2 Å². The molecule has 1 unspecified atom stereocenters. The van der Waals surface area contributed by atoms with E-state index in [9.17, 15) is 13.6 Å². The standard InChI is InChI=1S/C15H21F2NO3/c1-4-9-18-15(3,14(19)20-5-2)10-21-13-11(16)7-6-8-12(13)17/h6-8,18H,4-5,9-10H2,1-3H3. The molecule has 1 N–H and O–H groups in total. The van der Waals surface area contributed by atoms with Crippen LogP contribution in [-0.4, -0.2) is 31.3 Å². The molecule has 1 aromatic rings. The number of carbonyl (C=O) groups excluding carboxylic acids is 1. The van der Waals surface area contributed by atoms with Crippen LogP contribution in [0.1, 0.15) is 27.2 Å². The Bertz CT molecular complexity index is 462. The Morgan fingerprint density at radius 1 is 1.29 bits per heavy atom. The highest BCUT2D eigenvalue weighted by Gasteiger charge is 2.35. The van der Waals surface area contributed by atoms with Gasteiger partial charge >= 0.3 is 5.97 Å². The van der Waals surface area contributed by atoms with Crippen LogP contribution in [0.4, 0.5) is 8.78 Å². The van der Waals surface area contributed by atoms with Gasteiger partial charge < -0.3 is 9.47 Å². The lowest BCUT2D eigenvalue weighted by atomic mass is 10.0. The van der Waals surface area contributed by atoms with Gasteiger partial charge in [0.2, 0.25) is 0 Å². The number of hydrogen-bond donors (Lipinski definition) is 1. The normalized spacial score (nSPS) is 13.6. The van der Waals surface area contributed by atoms with Gasteiger partial charge in [-0.25, -0.2) is 13.6 Å². The average molecular weight is 301 g/mol. The number of nitrogens with one attached hydrogen (secondary N) is 1. The first-order valence-corrected chi connectivity index (χ1v) is 6.93. The molecule has 0 spiro atoms. The summed E-state index contributed by atoms with van der Waals surface area (Å²) in [6.45, 7) is 5.75. The Labute approximate surface area is 123 Å². The van der Waals surface area contributed by atoms with Crippen molar-refractivity contribution in [2.24, 2.45) is 0 Å². The Kier molecular flexibility index (Phi) is 6.55. The van der Waals surface area contributed by atoms with Crippen molar-refractivity contribution in [2.45, 2.75) is 32.7 Å². The van der Waals surface area contributed by atoms with Gasteiger partial charge in [0.15, 0.2) is 17.4 Å². The number of rotatable bonds is 8. The first-order valence-electron chi connectivity index (χ1n) is 6.93. The molecule has 0 saturated carbocycles. The average Bonchev–Trinajstić information content (AvgIpc) is 2.45. The van der Waals surface area contributed by atoms with Crippen molar-refractivity contribution in [3.8, 4) is 5.75 Å². The van der Waals surface area contributed by atoms with Gasteiger partial charge in [0.05, 0.1) is 6.61 Å². The molecular weight excluding hydrogens is 280 g/mol. The highest BCUT2D eigenvalue weighted by atomic mass is 19.1. The first-order chi connectivity index (χ1) is 9.94. The predicted molar refractivity (Wildman–Crippen MR) is 75.2 cm³/mol. The number of esters is 1. The molecule has 1 aromatic carbocycles. The number of halogens is 2. The van der Waals surface area contributed by atoms with Gasteiger partial charge in [-0.2, -0.15) is 0 Å². The Morgan fingerprint density at radius 3 is 2.43 bits per heavy atom. The molecule has 4 nitrogen and oxygen atoms in total. The number of ether oxygens (including phenoxy) is 2. The SMILES string of the molecule is CCCNC(C)(COc1c(F)cccc1F)C(=O)OCC. The molecule has 0 heterocycles. The fourth-order valence-corrected chi connectivity index (χ4v) is 1.71. The fraction of sp³-hybridized carbons (Fsp3) is 0.533. The van der Waals surface area contributed by atoms with E-state index in [0.29, 0.717) is 6.54 Å². The van der Waals surface area contributed by atoms with E-state index < -0.39 is 28.9 Å². The van der Waals surface area contributed by atoms with Crippen molar-refractivity contribution >= 4 is 5.97 Å². The maximum atomic E-state index is 13.5. The molecule has 0 saturated heterocycles. The molecule has 0 aliphatic rings. The van der Waals surface area contributed by atoms with Gasteiger partial charge in [-0.05, 0) is 38.9 Å². The highest BCUT2D eigenvalue weighted by Crippen LogP contribution is 2.22. The van der Waals surface area contributed by atoms with Crippen LogP contribution in [-0.2, 0) is 9.53 Å². The van der Waals surface area contributed by atoms with Crippen molar-refractivity contribution in [3.63, 3.8) is 0 Å². The van der Waals surface area contributed by atoms with Gasteiger partial charge in [0.1, 0.15) is 12.1 Å². The molecule has 1 atom stereocenters. The van der Waals surface area contributed by atoms with E-state index in [1.165, 1.54) is 6.07 Å². The first kappa shape index (κ1) is 17.4. The molecule has 0 aromatic heterocycles. The van der Waals surface area contributed by atoms with Crippen molar-refractivity contribution < 1.29 is 23.0 Å². The van der Waals surface area contributed by atoms with Crippen LogP contribution in [0.25, 0.3) is 0 Å². The van der Waals surface area contributed by atoms with Crippen LogP contribution in [0.5, 0.6) is 5.75 Å². The second-order valence-corrected chi connectivity index (χ2v) is 4.82. The molecule has 0 radical (unpaired) electrons. The molecular formula is C15H21F2NO3. The molecule has 6 heteroatoms. The molecule has 0 aliphatic carbocycles. The lowest BCUT2D eigenvalue weighted by Crippen LogP contribution is -2.55. The minimum absolute atomic E-state index is 0.219. The van der Waals surface area contributed by atoms with E-state index in [0.717, 1.165) is 18.6 Å². The molecule has 0 fully saturated rings. The van der Waals surface area contributed by atoms with Crippen LogP contribution in [0, 0.1) is 11.6 Å². The lowest BCUT2D eigenvalue weighted by molar-refractivity contribution is -0.151. The van der Waals surface area contributed by atoms with Crippen molar-refractivity contribution in [1.82, 2.24) is 5.32 Å². The number of benzene rings is 1. The summed E-state index contributed by atoms with van der Waals surface area (Å²) >= 11 is 0. The molecule has 0 aliphatic heterocycles. The topological polar surface area (TPSA) is 47.6 Å². The molecule has 21 heavy (non-hydrogen) atoms. The zero-order valence-electron chi connectivity index (χ0n) is 12.5. The quantitative estimate of drug-likeness (QED) is 0.750. The van der Waals surface area contributed by atoms with Gasteiger partial charge in [0.25, 0.3) is 0 Å². The summed E-state index contributed by atoms with van der Waals surface area (Å²) in [5, 5.41) is 3.00. The van der Waals surface area contributed by atoms with E-state index in [1.807, 2.05) is 6.92 Å². The monoisotopic (exact) mass is 301 g/mol. The summed E-state index contributed by atoms with van der Waals surface area (Å²) in [5.74, 6) is -2.63. The van der Waals surface area contributed by atoms with E-state index in [1.54, 1.807) is 13.8 Å². The Hall–Kier alpha value is -1.69. The third-order valence-corrected chi connectivity index (χ3v) is 2.92. The third-order valence-electron chi connectivity index (χ3n) is 2.92. The Balaban J connectivity index is 2.84. The number of hydrogen-bond acceptors (Lipinski definition) is 4. The maximum absolute atomic E-state index is 13.5. The van der Waals surface area contributed by atoms with E-state index in [-0.39, 0.29) is 13.2 Å². The van der Waals surface area contributed by atoms with Gasteiger partial charge in [-0.15, -0.1) is 0 Å². The molecule has 118 valence electrons. The van der Waals surface area contributed by atoms with Crippen LogP contribution in [0.3, 0.4) is 0 Å². The summed E-state index contributed by atoms with van der Waals surface area (Å²) < 4.78 is 37.2. The minimum Gasteiger partial charge on any atom is -0.485 e. The smallest absolute Gasteiger partial charge is 0.329 e. The van der Waals surface area contributed by atoms with Crippen molar-refractivity contribution in [2.75, 3.05) is 19.8 Å².